The number of amides is 4. The van der Waals surface area contributed by atoms with E-state index in [1.807, 2.05) is 25.1 Å². The van der Waals surface area contributed by atoms with Crippen molar-refractivity contribution in [1.82, 2.24) is 5.32 Å². The number of nitrogens with zero attached hydrogens (tertiary/aromatic N) is 1. The van der Waals surface area contributed by atoms with Gasteiger partial charge in [0.05, 0.1) is 13.7 Å². The Balaban J connectivity index is 1.39. The maximum absolute atomic E-state index is 13.2. The number of imide groups is 2. The lowest BCUT2D eigenvalue weighted by Gasteiger charge is -2.26. The number of aryl methyl sites for hydroxylation is 1. The minimum Gasteiger partial charge on any atom is -0.487 e. The molecule has 1 fully saturated rings. The van der Waals surface area contributed by atoms with E-state index < -0.39 is 17.8 Å². The number of halogens is 3. The van der Waals surface area contributed by atoms with E-state index in [1.54, 1.807) is 30.3 Å². The van der Waals surface area contributed by atoms with Crippen LogP contribution in [0.2, 0.25) is 0 Å². The Morgan fingerprint density at radius 1 is 1.03 bits per heavy atom. The van der Waals surface area contributed by atoms with E-state index in [4.69, 9.17) is 14.2 Å². The number of hydrogen-bond donors (Lipinski definition) is 1. The van der Waals surface area contributed by atoms with E-state index in [0.717, 1.165) is 24.1 Å². The van der Waals surface area contributed by atoms with Crippen molar-refractivity contribution in [3.05, 3.63) is 83.3 Å². The lowest BCUT2D eigenvalue weighted by molar-refractivity contribution is -0.122. The van der Waals surface area contributed by atoms with Crippen LogP contribution in [0, 0.1) is 10.5 Å². The molecule has 188 valence electrons. The third-order valence-corrected chi connectivity index (χ3v) is 7.93. The first kappa shape index (κ1) is 25.7. The number of anilines is 1. The van der Waals surface area contributed by atoms with Gasteiger partial charge in [-0.05, 0) is 111 Å². The largest absolute Gasteiger partial charge is 0.487 e. The highest BCUT2D eigenvalue weighted by molar-refractivity contribution is 14.1. The van der Waals surface area contributed by atoms with Crippen molar-refractivity contribution in [2.45, 2.75) is 13.5 Å². The molecule has 1 saturated heterocycles. The van der Waals surface area contributed by atoms with Gasteiger partial charge in [0.1, 0.15) is 17.9 Å². The quantitative estimate of drug-likeness (QED) is 0.193. The Hall–Kier alpha value is -2.90. The first-order valence-corrected chi connectivity index (χ1v) is 13.6. The molecule has 2 heterocycles. The fourth-order valence-electron chi connectivity index (χ4n) is 3.81. The van der Waals surface area contributed by atoms with Crippen molar-refractivity contribution < 1.29 is 28.6 Å². The van der Waals surface area contributed by atoms with Gasteiger partial charge in [-0.2, -0.15) is 0 Å². The van der Waals surface area contributed by atoms with Gasteiger partial charge < -0.3 is 14.2 Å². The van der Waals surface area contributed by atoms with E-state index in [-0.39, 0.29) is 12.4 Å². The second kappa shape index (κ2) is 10.5. The molecule has 5 rings (SSSR count). The average molecular weight is 740 g/mol. The number of ether oxygens (including phenoxy) is 3. The van der Waals surface area contributed by atoms with Crippen molar-refractivity contribution in [3.63, 3.8) is 0 Å². The van der Waals surface area contributed by atoms with E-state index in [9.17, 15) is 14.4 Å². The standard InChI is InChI=1S/C26H17Br2IN2O6/c1-13-6-16(3-4-18(13)27)31-25(33)17(24(32)30-26(31)34)7-15-8-19(28)23(20(29)9-15)35-11-14-2-5-21-22(10-14)37-12-36-21/h2-10H,11-12H2,1H3,(H,30,32,34)/b17-7+. The molecule has 0 radical (unpaired) electrons. The molecule has 3 aromatic rings. The van der Waals surface area contributed by atoms with Crippen molar-refractivity contribution in [3.8, 4) is 17.2 Å². The molecule has 2 aliphatic heterocycles. The Morgan fingerprint density at radius 3 is 2.57 bits per heavy atom. The van der Waals surface area contributed by atoms with Crippen LogP contribution in [0.4, 0.5) is 10.5 Å². The molecular formula is C26H17Br2IN2O6. The summed E-state index contributed by atoms with van der Waals surface area (Å²) in [5, 5.41) is 2.25. The summed E-state index contributed by atoms with van der Waals surface area (Å²) in [5.41, 5.74) is 2.55. The predicted molar refractivity (Wildman–Crippen MR) is 152 cm³/mol. The van der Waals surface area contributed by atoms with Gasteiger partial charge in [-0.15, -0.1) is 0 Å². The highest BCUT2D eigenvalue weighted by Crippen LogP contribution is 2.36. The van der Waals surface area contributed by atoms with Crippen LogP contribution in [0.15, 0.2) is 63.0 Å². The van der Waals surface area contributed by atoms with Gasteiger partial charge in [0.15, 0.2) is 11.5 Å². The van der Waals surface area contributed by atoms with Gasteiger partial charge in [0.2, 0.25) is 6.79 Å². The summed E-state index contributed by atoms with van der Waals surface area (Å²) >= 11 is 9.07. The summed E-state index contributed by atoms with van der Waals surface area (Å²) in [7, 11) is 0. The van der Waals surface area contributed by atoms with Crippen LogP contribution in [0.25, 0.3) is 6.08 Å². The molecule has 0 spiro atoms. The normalized spacial score (nSPS) is 15.8. The maximum atomic E-state index is 13.2. The number of fused-ring (bicyclic) bond motifs is 1. The Bertz CT molecular complexity index is 1480. The zero-order valence-electron chi connectivity index (χ0n) is 19.1. The number of rotatable bonds is 5. The highest BCUT2D eigenvalue weighted by atomic mass is 127. The summed E-state index contributed by atoms with van der Waals surface area (Å²) in [6, 6.07) is 13.4. The minimum atomic E-state index is -0.795. The fraction of sp³-hybridized carbons (Fsp3) is 0.115. The van der Waals surface area contributed by atoms with Gasteiger partial charge in [-0.3, -0.25) is 14.9 Å². The first-order valence-electron chi connectivity index (χ1n) is 10.9. The third kappa shape index (κ3) is 5.25. The van der Waals surface area contributed by atoms with E-state index in [1.165, 1.54) is 6.08 Å². The molecule has 0 saturated carbocycles. The van der Waals surface area contributed by atoms with Crippen LogP contribution < -0.4 is 24.4 Å². The molecular weight excluding hydrogens is 723 g/mol. The molecule has 1 N–H and O–H groups in total. The number of carbonyl (C=O) groups is 3. The molecule has 8 nitrogen and oxygen atoms in total. The number of urea groups is 1. The second-order valence-electron chi connectivity index (χ2n) is 8.18. The molecule has 0 aliphatic carbocycles. The highest BCUT2D eigenvalue weighted by Gasteiger charge is 2.37. The molecule has 0 aromatic heterocycles. The average Bonchev–Trinajstić information content (AvgIpc) is 3.31. The topological polar surface area (TPSA) is 94.2 Å². The number of barbiturate groups is 1. The molecule has 4 amide bonds. The summed E-state index contributed by atoms with van der Waals surface area (Å²) in [4.78, 5) is 39.3. The van der Waals surface area contributed by atoms with Gasteiger partial charge in [0, 0.05) is 4.47 Å². The summed E-state index contributed by atoms with van der Waals surface area (Å²) < 4.78 is 19.0. The maximum Gasteiger partial charge on any atom is 0.335 e. The number of nitrogens with one attached hydrogen (secondary N) is 1. The van der Waals surface area contributed by atoms with E-state index in [0.29, 0.717) is 39.6 Å². The lowest BCUT2D eigenvalue weighted by atomic mass is 10.1. The fourth-order valence-corrected chi connectivity index (χ4v) is 5.83. The molecule has 0 bridgehead atoms. The summed E-state index contributed by atoms with van der Waals surface area (Å²) in [5.74, 6) is 0.535. The zero-order chi connectivity index (χ0) is 26.3. The molecule has 0 atom stereocenters. The lowest BCUT2D eigenvalue weighted by Crippen LogP contribution is -2.54. The van der Waals surface area contributed by atoms with Crippen LogP contribution in [0.5, 0.6) is 17.2 Å². The summed E-state index contributed by atoms with van der Waals surface area (Å²) in [6.45, 7) is 2.35. The van der Waals surface area contributed by atoms with Gasteiger partial charge in [-0.25, -0.2) is 9.69 Å². The van der Waals surface area contributed by atoms with Gasteiger partial charge in [-0.1, -0.05) is 22.0 Å². The van der Waals surface area contributed by atoms with Crippen molar-refractivity contribution in [1.29, 1.82) is 0 Å². The molecule has 2 aliphatic rings. The Kier molecular flexibility index (Phi) is 7.28. The Labute approximate surface area is 242 Å². The Morgan fingerprint density at radius 2 is 1.81 bits per heavy atom. The van der Waals surface area contributed by atoms with Gasteiger partial charge in [0.25, 0.3) is 11.8 Å². The van der Waals surface area contributed by atoms with Crippen LogP contribution in [-0.2, 0) is 16.2 Å². The van der Waals surface area contributed by atoms with Crippen molar-refractivity contribution >= 4 is 84.1 Å². The van der Waals surface area contributed by atoms with Crippen molar-refractivity contribution in [2.75, 3.05) is 11.7 Å². The van der Waals surface area contributed by atoms with Crippen LogP contribution in [0.1, 0.15) is 16.7 Å². The monoisotopic (exact) mass is 738 g/mol. The number of hydrogen-bond acceptors (Lipinski definition) is 6. The molecule has 37 heavy (non-hydrogen) atoms. The second-order valence-corrected chi connectivity index (χ2v) is 11.1. The van der Waals surface area contributed by atoms with E-state index >= 15 is 0 Å². The number of carbonyl (C=O) groups excluding carboxylic acids is 3. The predicted octanol–water partition coefficient (Wildman–Crippen LogP) is 6.10. The molecule has 0 unspecified atom stereocenters. The van der Waals surface area contributed by atoms with Crippen molar-refractivity contribution in [2.24, 2.45) is 0 Å². The summed E-state index contributed by atoms with van der Waals surface area (Å²) in [6.07, 6.45) is 1.46. The molecule has 11 heteroatoms. The zero-order valence-corrected chi connectivity index (χ0v) is 24.5. The smallest absolute Gasteiger partial charge is 0.335 e. The van der Waals surface area contributed by atoms with Gasteiger partial charge >= 0.3 is 6.03 Å². The first-order chi connectivity index (χ1) is 17.7. The van der Waals surface area contributed by atoms with Crippen LogP contribution >= 0.6 is 54.5 Å². The van der Waals surface area contributed by atoms with Crippen LogP contribution in [-0.4, -0.2) is 24.6 Å². The molecule has 3 aromatic carbocycles. The van der Waals surface area contributed by atoms with E-state index in [2.05, 4.69) is 59.8 Å². The van der Waals surface area contributed by atoms with Crippen LogP contribution in [0.3, 0.4) is 0 Å². The SMILES string of the molecule is Cc1cc(N2C(=O)NC(=O)/C(=C\c3cc(Br)c(OCc4ccc5c(c4)OCO5)c(I)c3)C2=O)ccc1Br. The third-order valence-electron chi connectivity index (χ3n) is 5.65. The minimum absolute atomic E-state index is 0.156. The number of benzene rings is 3.